The molecule has 0 aliphatic carbocycles. The Morgan fingerprint density at radius 1 is 0.750 bits per heavy atom. The number of nitrogens with zero attached hydrogens (tertiary/aromatic N) is 6. The molecule has 15 nitrogen and oxygen atoms in total. The van der Waals surface area contributed by atoms with Gasteiger partial charge in [0.2, 0.25) is 18.2 Å². The molecule has 2 saturated heterocycles. The molecule has 56 heavy (non-hydrogen) atoms. The van der Waals surface area contributed by atoms with Gasteiger partial charge in [-0.05, 0) is 61.8 Å². The lowest BCUT2D eigenvalue weighted by Gasteiger charge is -2.30. The number of pyridine rings is 2. The van der Waals surface area contributed by atoms with Crippen LogP contribution in [0.5, 0.6) is 0 Å². The lowest BCUT2D eigenvalue weighted by molar-refractivity contribution is -0.137. The van der Waals surface area contributed by atoms with Crippen LogP contribution in [0.15, 0.2) is 61.2 Å². The number of H-pyrrole nitrogens is 2. The van der Waals surface area contributed by atoms with Gasteiger partial charge in [0.15, 0.2) is 0 Å². The maximum atomic E-state index is 13.5. The number of nitrogens with one attached hydrogen (secondary N) is 4. The molecule has 2 aliphatic heterocycles. The second-order valence-corrected chi connectivity index (χ2v) is 15.2. The topological polar surface area (TPSA) is 191 Å². The van der Waals surface area contributed by atoms with Gasteiger partial charge in [-0.3, -0.25) is 24.4 Å². The summed E-state index contributed by atoms with van der Waals surface area (Å²) >= 11 is 0. The van der Waals surface area contributed by atoms with Gasteiger partial charge in [-0.2, -0.15) is 0 Å². The average molecular weight is 761 g/mol. The second-order valence-electron chi connectivity index (χ2n) is 15.2. The molecule has 0 bridgehead atoms. The van der Waals surface area contributed by atoms with Gasteiger partial charge in [0.25, 0.3) is 0 Å². The zero-order chi connectivity index (χ0) is 39.5. The summed E-state index contributed by atoms with van der Waals surface area (Å²) in [5, 5.41) is 6.33. The van der Waals surface area contributed by atoms with E-state index < -0.39 is 18.2 Å². The zero-order valence-electron chi connectivity index (χ0n) is 32.3. The van der Waals surface area contributed by atoms with Crippen LogP contribution in [0, 0.1) is 11.8 Å². The number of aromatic amines is 2. The maximum absolute atomic E-state index is 13.5. The molecule has 1 aromatic carbocycles. The minimum absolute atomic E-state index is 0.0329. The lowest BCUT2D eigenvalue weighted by atomic mass is 10.0. The second kappa shape index (κ2) is 16.3. The monoisotopic (exact) mass is 760 g/mol. The van der Waals surface area contributed by atoms with E-state index in [0.717, 1.165) is 76.2 Å². The quantitative estimate of drug-likeness (QED) is 0.118. The van der Waals surface area contributed by atoms with Gasteiger partial charge >= 0.3 is 6.09 Å². The first kappa shape index (κ1) is 38.2. The molecule has 15 heteroatoms. The fourth-order valence-corrected chi connectivity index (χ4v) is 7.77. The molecule has 6 heterocycles. The average Bonchev–Trinajstić information content (AvgIpc) is 4.05. The predicted octanol–water partition coefficient (Wildman–Crippen LogP) is 5.56. The first-order valence-electron chi connectivity index (χ1n) is 19.2. The van der Waals surface area contributed by atoms with E-state index in [4.69, 9.17) is 14.7 Å². The molecular formula is C41H48N10O5. The van der Waals surface area contributed by atoms with Gasteiger partial charge < -0.3 is 35.1 Å². The van der Waals surface area contributed by atoms with Crippen molar-refractivity contribution in [3.8, 4) is 33.8 Å². The Kier molecular flexibility index (Phi) is 11.1. The summed E-state index contributed by atoms with van der Waals surface area (Å²) in [7, 11) is 1.28. The minimum Gasteiger partial charge on any atom is -0.453 e. The standard InChI is InChI=1S/C41H48N10O5/c1-23(2)35(46-22-52)39(53)50-14-6-8-33(50)38-45-21-32(48-38)28-16-25-10-11-26(17-30(25)43-19-28)29-13-12-27(18-42-29)31-20-44-37(47-31)34-9-7-15-51(34)40(54)36(24(3)4)49-41(55)56-5/h10-13,16-24,33-36H,6-9,14-15H2,1-5H3,(H,44,47)(H,45,48)(H,46,52)(H,49,55)/t33-,34-,35-,36-/m0/s1. The van der Waals surface area contributed by atoms with Crippen LogP contribution < -0.4 is 10.6 Å². The number of benzene rings is 1. The van der Waals surface area contributed by atoms with E-state index in [1.807, 2.05) is 69.1 Å². The van der Waals surface area contributed by atoms with E-state index >= 15 is 0 Å². The van der Waals surface area contributed by atoms with Crippen molar-refractivity contribution in [2.75, 3.05) is 20.2 Å². The highest BCUT2D eigenvalue weighted by atomic mass is 16.5. The van der Waals surface area contributed by atoms with Crippen LogP contribution >= 0.6 is 0 Å². The number of hydrogen-bond donors (Lipinski definition) is 4. The Hall–Kier alpha value is -6.12. The summed E-state index contributed by atoms with van der Waals surface area (Å²) in [6, 6.07) is 10.4. The predicted molar refractivity (Wildman–Crippen MR) is 210 cm³/mol. The molecule has 0 spiro atoms. The molecule has 2 aliphatic rings. The van der Waals surface area contributed by atoms with E-state index in [1.165, 1.54) is 7.11 Å². The molecule has 292 valence electrons. The maximum Gasteiger partial charge on any atom is 0.407 e. The Balaban J connectivity index is 1.03. The van der Waals surface area contributed by atoms with Gasteiger partial charge in [-0.15, -0.1) is 0 Å². The number of likely N-dealkylation sites (tertiary alicyclic amines) is 2. The summed E-state index contributed by atoms with van der Waals surface area (Å²) in [6.45, 7) is 8.83. The fourth-order valence-electron chi connectivity index (χ4n) is 7.77. The van der Waals surface area contributed by atoms with Crippen molar-refractivity contribution < 1.29 is 23.9 Å². The highest BCUT2D eigenvalue weighted by molar-refractivity contribution is 5.88. The number of fused-ring (bicyclic) bond motifs is 1. The number of carbonyl (C=O) groups is 4. The number of imidazole rings is 2. The van der Waals surface area contributed by atoms with Crippen LogP contribution in [0.3, 0.4) is 0 Å². The summed E-state index contributed by atoms with van der Waals surface area (Å²) in [4.78, 5) is 79.3. The number of ether oxygens (including phenoxy) is 1. The van der Waals surface area contributed by atoms with Crippen molar-refractivity contribution in [2.24, 2.45) is 11.8 Å². The van der Waals surface area contributed by atoms with E-state index in [2.05, 4.69) is 36.6 Å². The molecule has 2 fully saturated rings. The van der Waals surface area contributed by atoms with Crippen molar-refractivity contribution in [3.63, 3.8) is 0 Å². The Morgan fingerprint density at radius 2 is 1.34 bits per heavy atom. The van der Waals surface area contributed by atoms with Crippen molar-refractivity contribution in [3.05, 3.63) is 72.8 Å². The smallest absolute Gasteiger partial charge is 0.407 e. The lowest BCUT2D eigenvalue weighted by Crippen LogP contribution is -2.51. The molecule has 0 saturated carbocycles. The summed E-state index contributed by atoms with van der Waals surface area (Å²) in [6.07, 6.45) is 10.4. The van der Waals surface area contributed by atoms with E-state index in [1.54, 1.807) is 23.5 Å². The van der Waals surface area contributed by atoms with Gasteiger partial charge in [-0.25, -0.2) is 14.8 Å². The van der Waals surface area contributed by atoms with Crippen molar-refractivity contribution in [2.45, 2.75) is 77.5 Å². The number of methoxy groups -OCH3 is 1. The third-order valence-electron chi connectivity index (χ3n) is 10.8. The molecule has 4 atom stereocenters. The summed E-state index contributed by atoms with van der Waals surface area (Å²) in [5.41, 5.74) is 5.89. The Morgan fingerprint density at radius 3 is 1.91 bits per heavy atom. The molecule has 4 aromatic heterocycles. The van der Waals surface area contributed by atoms with Gasteiger partial charge in [0.1, 0.15) is 23.7 Å². The first-order chi connectivity index (χ1) is 27.1. The third kappa shape index (κ3) is 7.70. The van der Waals surface area contributed by atoms with E-state index in [0.29, 0.717) is 25.3 Å². The molecule has 5 aromatic rings. The van der Waals surface area contributed by atoms with Gasteiger partial charge in [0, 0.05) is 47.6 Å². The third-order valence-corrected chi connectivity index (χ3v) is 10.8. The number of alkyl carbamates (subject to hydrolysis) is 1. The first-order valence-corrected chi connectivity index (χ1v) is 19.2. The normalized spacial score (nSPS) is 18.1. The highest BCUT2D eigenvalue weighted by Crippen LogP contribution is 2.35. The van der Waals surface area contributed by atoms with Crippen LogP contribution in [0.25, 0.3) is 44.7 Å². The van der Waals surface area contributed by atoms with Crippen molar-refractivity contribution in [1.82, 2.24) is 50.3 Å². The van der Waals surface area contributed by atoms with Crippen LogP contribution in [0.2, 0.25) is 0 Å². The fraction of sp³-hybridized carbons (Fsp3) is 0.415. The molecular weight excluding hydrogens is 713 g/mol. The van der Waals surface area contributed by atoms with Gasteiger partial charge in [-0.1, -0.05) is 39.8 Å². The zero-order valence-corrected chi connectivity index (χ0v) is 32.3. The molecule has 7 rings (SSSR count). The Labute approximate surface area is 325 Å². The molecule has 4 N–H and O–H groups in total. The number of hydrogen-bond acceptors (Lipinski definition) is 9. The van der Waals surface area contributed by atoms with Gasteiger partial charge in [0.05, 0.1) is 54.2 Å². The molecule has 4 amide bonds. The Bertz CT molecular complexity index is 2210. The number of amides is 4. The van der Waals surface area contributed by atoms with Crippen LogP contribution in [0.4, 0.5) is 4.79 Å². The number of carbonyl (C=O) groups excluding carboxylic acids is 4. The molecule has 0 radical (unpaired) electrons. The number of aromatic nitrogens is 6. The largest absolute Gasteiger partial charge is 0.453 e. The van der Waals surface area contributed by atoms with Crippen LogP contribution in [-0.4, -0.2) is 96.3 Å². The minimum atomic E-state index is -0.698. The van der Waals surface area contributed by atoms with Crippen LogP contribution in [0.1, 0.15) is 77.1 Å². The van der Waals surface area contributed by atoms with E-state index in [9.17, 15) is 19.2 Å². The SMILES string of the molecule is COC(=O)N[C@H](C(=O)N1CCC[C@H]1c1ncc(-c2ccc(-c3ccc4cc(-c5cnc([C@@H]6CCCN6C(=O)[C@@H](NC=O)C(C)C)[nH]5)cnc4c3)nc2)[nH]1)C(C)C. The summed E-state index contributed by atoms with van der Waals surface area (Å²) in [5.74, 6) is 1.02. The van der Waals surface area contributed by atoms with Crippen LogP contribution in [-0.2, 0) is 19.1 Å². The highest BCUT2D eigenvalue weighted by Gasteiger charge is 2.38. The summed E-state index contributed by atoms with van der Waals surface area (Å²) < 4.78 is 4.75. The van der Waals surface area contributed by atoms with Crippen molar-refractivity contribution >= 4 is 35.2 Å². The molecule has 0 unspecified atom stereocenters. The number of rotatable bonds is 12. The van der Waals surface area contributed by atoms with E-state index in [-0.39, 0.29) is 35.7 Å². The van der Waals surface area contributed by atoms with Crippen molar-refractivity contribution in [1.29, 1.82) is 0 Å².